The minimum atomic E-state index is 0.167. The van der Waals surface area contributed by atoms with Crippen LogP contribution in [0.3, 0.4) is 0 Å². The minimum absolute atomic E-state index is 0.167. The van der Waals surface area contributed by atoms with Crippen LogP contribution in [0.25, 0.3) is 0 Å². The maximum atomic E-state index is 6.37. The summed E-state index contributed by atoms with van der Waals surface area (Å²) in [6.45, 7) is 9.89. The van der Waals surface area contributed by atoms with Gasteiger partial charge >= 0.3 is 0 Å². The Balaban J connectivity index is 2.11. The van der Waals surface area contributed by atoms with Crippen LogP contribution < -0.4 is 5.32 Å². The van der Waals surface area contributed by atoms with Crippen LogP contribution in [0.5, 0.6) is 0 Å². The molecule has 0 aromatic heterocycles. The molecule has 1 aliphatic heterocycles. The minimum Gasteiger partial charge on any atom is -0.311 e. The van der Waals surface area contributed by atoms with Gasteiger partial charge in [0, 0.05) is 40.7 Å². The summed E-state index contributed by atoms with van der Waals surface area (Å²) in [5.74, 6) is 0. The lowest BCUT2D eigenvalue weighted by Crippen LogP contribution is -2.61. The average molecular weight is 360 g/mol. The lowest BCUT2D eigenvalue weighted by Gasteiger charge is -2.46. The van der Waals surface area contributed by atoms with Crippen molar-refractivity contribution in [3.63, 3.8) is 0 Å². The number of hydrogen-bond acceptors (Lipinski definition) is 2. The molecule has 1 aromatic carbocycles. The van der Waals surface area contributed by atoms with Gasteiger partial charge in [0.15, 0.2) is 0 Å². The molecule has 0 aliphatic carbocycles. The van der Waals surface area contributed by atoms with Gasteiger partial charge in [-0.1, -0.05) is 46.9 Å². The van der Waals surface area contributed by atoms with Gasteiger partial charge in [-0.15, -0.1) is 0 Å². The second-order valence-electron chi connectivity index (χ2n) is 6.30. The summed E-state index contributed by atoms with van der Waals surface area (Å²) in [7, 11) is 0. The first-order chi connectivity index (χ1) is 9.42. The third-order valence-electron chi connectivity index (χ3n) is 4.13. The first kappa shape index (κ1) is 16.3. The van der Waals surface area contributed by atoms with Gasteiger partial charge < -0.3 is 5.32 Å². The predicted molar refractivity (Wildman–Crippen MR) is 90.3 cm³/mol. The normalized spacial score (nSPS) is 22.9. The molecule has 4 heteroatoms. The van der Waals surface area contributed by atoms with Gasteiger partial charge in [-0.3, -0.25) is 4.90 Å². The summed E-state index contributed by atoms with van der Waals surface area (Å²) in [5.41, 5.74) is 1.38. The molecule has 1 fully saturated rings. The Morgan fingerprint density at radius 1 is 1.45 bits per heavy atom. The fourth-order valence-corrected chi connectivity index (χ4v) is 3.49. The number of nitrogens with one attached hydrogen (secondary N) is 1. The van der Waals surface area contributed by atoms with E-state index in [1.54, 1.807) is 0 Å². The number of halogens is 2. The molecule has 2 nitrogen and oxygen atoms in total. The molecule has 1 heterocycles. The molecule has 0 bridgehead atoms. The molecule has 2 rings (SSSR count). The quantitative estimate of drug-likeness (QED) is 0.854. The van der Waals surface area contributed by atoms with Crippen molar-refractivity contribution in [2.24, 2.45) is 0 Å². The van der Waals surface area contributed by atoms with Gasteiger partial charge in [-0.25, -0.2) is 0 Å². The standard InChI is InChI=1S/C16H24BrClN2/c1-4-5-14-10-20(16(2,3)11-19-14)9-12-6-7-13(17)8-15(12)18/h6-8,14,19H,4-5,9-11H2,1-3H3. The van der Waals surface area contributed by atoms with Crippen LogP contribution in [0.1, 0.15) is 39.2 Å². The fraction of sp³-hybridized carbons (Fsp3) is 0.625. The monoisotopic (exact) mass is 358 g/mol. The molecule has 1 saturated heterocycles. The summed E-state index contributed by atoms with van der Waals surface area (Å²) < 4.78 is 1.04. The highest BCUT2D eigenvalue weighted by molar-refractivity contribution is 9.10. The molecule has 0 amide bonds. The molecule has 1 atom stereocenters. The van der Waals surface area contributed by atoms with E-state index >= 15 is 0 Å². The number of rotatable bonds is 4. The zero-order valence-corrected chi connectivity index (χ0v) is 14.9. The van der Waals surface area contributed by atoms with E-state index in [4.69, 9.17) is 11.6 Å². The number of piperazine rings is 1. The van der Waals surface area contributed by atoms with Gasteiger partial charge in [-0.05, 0) is 38.0 Å². The summed E-state index contributed by atoms with van der Waals surface area (Å²) in [6, 6.07) is 6.77. The van der Waals surface area contributed by atoms with Gasteiger partial charge in [0.05, 0.1) is 0 Å². The molecule has 0 saturated carbocycles. The second kappa shape index (κ2) is 6.78. The van der Waals surface area contributed by atoms with E-state index in [0.29, 0.717) is 6.04 Å². The molecule has 112 valence electrons. The number of benzene rings is 1. The fourth-order valence-electron chi connectivity index (χ4n) is 2.76. The molecule has 1 unspecified atom stereocenters. The van der Waals surface area contributed by atoms with Crippen molar-refractivity contribution >= 4 is 27.5 Å². The highest BCUT2D eigenvalue weighted by atomic mass is 79.9. The highest BCUT2D eigenvalue weighted by Gasteiger charge is 2.33. The van der Waals surface area contributed by atoms with Gasteiger partial charge in [-0.2, -0.15) is 0 Å². The third-order valence-corrected chi connectivity index (χ3v) is 4.98. The van der Waals surface area contributed by atoms with Crippen LogP contribution in [-0.4, -0.2) is 29.6 Å². The number of hydrogen-bond donors (Lipinski definition) is 1. The first-order valence-electron chi connectivity index (χ1n) is 7.34. The maximum absolute atomic E-state index is 6.37. The van der Waals surface area contributed by atoms with E-state index in [1.165, 1.54) is 18.4 Å². The Bertz CT molecular complexity index is 462. The van der Waals surface area contributed by atoms with Gasteiger partial charge in [0.2, 0.25) is 0 Å². The van der Waals surface area contributed by atoms with E-state index in [1.807, 2.05) is 6.07 Å². The maximum Gasteiger partial charge on any atom is 0.0462 e. The van der Waals surface area contributed by atoms with Crippen LogP contribution in [0.2, 0.25) is 5.02 Å². The molecule has 0 spiro atoms. The molecule has 1 aliphatic rings. The zero-order valence-electron chi connectivity index (χ0n) is 12.5. The Hall–Kier alpha value is -0.0900. The lowest BCUT2D eigenvalue weighted by atomic mass is 9.95. The Morgan fingerprint density at radius 3 is 2.85 bits per heavy atom. The molecule has 0 radical (unpaired) electrons. The smallest absolute Gasteiger partial charge is 0.0462 e. The van der Waals surface area contributed by atoms with Crippen LogP contribution >= 0.6 is 27.5 Å². The topological polar surface area (TPSA) is 15.3 Å². The molecular weight excluding hydrogens is 336 g/mol. The summed E-state index contributed by atoms with van der Waals surface area (Å²) in [5, 5.41) is 4.52. The second-order valence-corrected chi connectivity index (χ2v) is 7.62. The van der Waals surface area contributed by atoms with Crippen molar-refractivity contribution in [3.8, 4) is 0 Å². The number of nitrogens with zero attached hydrogens (tertiary/aromatic N) is 1. The van der Waals surface area contributed by atoms with Crippen molar-refractivity contribution in [1.82, 2.24) is 10.2 Å². The Kier molecular flexibility index (Phi) is 5.52. The zero-order chi connectivity index (χ0) is 14.8. The van der Waals surface area contributed by atoms with Crippen molar-refractivity contribution < 1.29 is 0 Å². The van der Waals surface area contributed by atoms with E-state index in [2.05, 4.69) is 59.1 Å². The van der Waals surface area contributed by atoms with E-state index < -0.39 is 0 Å². The Labute approximate surface area is 136 Å². The van der Waals surface area contributed by atoms with E-state index in [9.17, 15) is 0 Å². The van der Waals surface area contributed by atoms with Gasteiger partial charge in [0.25, 0.3) is 0 Å². The van der Waals surface area contributed by atoms with Gasteiger partial charge in [0.1, 0.15) is 0 Å². The molecular formula is C16H24BrClN2. The third kappa shape index (κ3) is 3.97. The molecule has 1 aromatic rings. The van der Waals surface area contributed by atoms with Crippen molar-refractivity contribution in [2.75, 3.05) is 13.1 Å². The van der Waals surface area contributed by atoms with Crippen molar-refractivity contribution in [1.29, 1.82) is 0 Å². The predicted octanol–water partition coefficient (Wildman–Crippen LogP) is 4.46. The molecule has 1 N–H and O–H groups in total. The van der Waals surface area contributed by atoms with Crippen LogP contribution in [-0.2, 0) is 6.54 Å². The van der Waals surface area contributed by atoms with Crippen LogP contribution in [0, 0.1) is 0 Å². The first-order valence-corrected chi connectivity index (χ1v) is 8.52. The Morgan fingerprint density at radius 2 is 2.20 bits per heavy atom. The largest absolute Gasteiger partial charge is 0.311 e. The summed E-state index contributed by atoms with van der Waals surface area (Å²) in [6.07, 6.45) is 2.46. The van der Waals surface area contributed by atoms with Crippen LogP contribution in [0.15, 0.2) is 22.7 Å². The molecule has 20 heavy (non-hydrogen) atoms. The van der Waals surface area contributed by atoms with Crippen LogP contribution in [0.4, 0.5) is 0 Å². The van der Waals surface area contributed by atoms with E-state index in [0.717, 1.165) is 29.1 Å². The SMILES string of the molecule is CCCC1CN(Cc2ccc(Br)cc2Cl)C(C)(C)CN1. The van der Waals surface area contributed by atoms with Crippen molar-refractivity contribution in [2.45, 2.75) is 51.7 Å². The summed E-state index contributed by atoms with van der Waals surface area (Å²) in [4.78, 5) is 2.55. The van der Waals surface area contributed by atoms with Crippen molar-refractivity contribution in [3.05, 3.63) is 33.3 Å². The lowest BCUT2D eigenvalue weighted by molar-refractivity contribution is 0.0564. The van der Waals surface area contributed by atoms with E-state index in [-0.39, 0.29) is 5.54 Å². The summed E-state index contributed by atoms with van der Waals surface area (Å²) >= 11 is 9.83. The average Bonchev–Trinajstić information content (AvgIpc) is 2.37. The highest BCUT2D eigenvalue weighted by Crippen LogP contribution is 2.27.